The number of fused-ring (bicyclic) bond motifs is 4. The highest BCUT2D eigenvalue weighted by atomic mass is 32.1. The van der Waals surface area contributed by atoms with E-state index >= 15 is 0 Å². The van der Waals surface area contributed by atoms with Crippen LogP contribution < -0.4 is 15.0 Å². The van der Waals surface area contributed by atoms with Crippen LogP contribution in [0.5, 0.6) is 11.5 Å². The Labute approximate surface area is 167 Å². The van der Waals surface area contributed by atoms with Crippen molar-refractivity contribution in [2.24, 2.45) is 0 Å². The number of ether oxygens (including phenoxy) is 2. The zero-order valence-corrected chi connectivity index (χ0v) is 16.7. The molecule has 0 spiro atoms. The molecule has 2 aromatic heterocycles. The van der Waals surface area contributed by atoms with E-state index < -0.39 is 0 Å². The maximum Gasteiger partial charge on any atom is 0.259 e. The molecule has 7 heteroatoms. The first-order chi connectivity index (χ1) is 13.7. The normalized spacial score (nSPS) is 18.4. The van der Waals surface area contributed by atoms with E-state index in [1.165, 1.54) is 17.0 Å². The van der Waals surface area contributed by atoms with Crippen molar-refractivity contribution in [3.63, 3.8) is 0 Å². The number of rotatable bonds is 4. The molecule has 5 rings (SSSR count). The number of nitrogens with zero attached hydrogens (tertiary/aromatic N) is 3. The summed E-state index contributed by atoms with van der Waals surface area (Å²) in [4.78, 5) is 21.8. The average Bonchev–Trinajstić information content (AvgIpc) is 3.06. The van der Waals surface area contributed by atoms with Gasteiger partial charge >= 0.3 is 0 Å². The SMILES string of the molecule is CN(Cc1cc(=O)n2c3c(sc2n1)CCCC3)C[C@@H]1COc2ccccc2O1. The first-order valence-electron chi connectivity index (χ1n) is 9.77. The van der Waals surface area contributed by atoms with Crippen molar-refractivity contribution in [3.8, 4) is 11.5 Å². The first kappa shape index (κ1) is 17.7. The van der Waals surface area contributed by atoms with Gasteiger partial charge in [-0.1, -0.05) is 12.1 Å². The van der Waals surface area contributed by atoms with Gasteiger partial charge in [0.05, 0.1) is 5.69 Å². The van der Waals surface area contributed by atoms with E-state index in [9.17, 15) is 4.79 Å². The van der Waals surface area contributed by atoms with Gasteiger partial charge in [-0.25, -0.2) is 4.98 Å². The first-order valence-corrected chi connectivity index (χ1v) is 10.6. The van der Waals surface area contributed by atoms with Crippen LogP contribution in [-0.4, -0.2) is 40.6 Å². The third-order valence-electron chi connectivity index (χ3n) is 5.33. The number of hydrogen-bond acceptors (Lipinski definition) is 6. The summed E-state index contributed by atoms with van der Waals surface area (Å²) < 4.78 is 13.6. The number of hydrogen-bond donors (Lipinski definition) is 0. The summed E-state index contributed by atoms with van der Waals surface area (Å²) in [6.07, 6.45) is 4.37. The molecule has 0 saturated heterocycles. The fourth-order valence-electron chi connectivity index (χ4n) is 4.06. The molecular weight excluding hydrogens is 374 g/mol. The Kier molecular flexibility index (Phi) is 4.56. The van der Waals surface area contributed by atoms with Crippen molar-refractivity contribution in [2.45, 2.75) is 38.3 Å². The predicted molar refractivity (Wildman–Crippen MR) is 109 cm³/mol. The Morgan fingerprint density at radius 1 is 1.25 bits per heavy atom. The lowest BCUT2D eigenvalue weighted by molar-refractivity contribution is 0.0635. The second-order valence-electron chi connectivity index (χ2n) is 7.58. The Morgan fingerprint density at radius 2 is 2.07 bits per heavy atom. The maximum absolute atomic E-state index is 12.7. The molecule has 1 aliphatic carbocycles. The number of aromatic nitrogens is 2. The molecule has 6 nitrogen and oxygen atoms in total. The monoisotopic (exact) mass is 397 g/mol. The fraction of sp³-hybridized carbons (Fsp3) is 0.429. The van der Waals surface area contributed by atoms with Crippen LogP contribution in [0.25, 0.3) is 4.96 Å². The fourth-order valence-corrected chi connectivity index (χ4v) is 5.30. The lowest BCUT2D eigenvalue weighted by atomic mass is 10.0. The van der Waals surface area contributed by atoms with E-state index in [1.54, 1.807) is 17.4 Å². The molecular formula is C21H23N3O3S. The third-order valence-corrected chi connectivity index (χ3v) is 6.47. The number of benzene rings is 1. The summed E-state index contributed by atoms with van der Waals surface area (Å²) in [7, 11) is 2.02. The molecule has 0 N–H and O–H groups in total. The van der Waals surface area contributed by atoms with Gasteiger partial charge in [-0.2, -0.15) is 0 Å². The molecule has 3 aromatic rings. The van der Waals surface area contributed by atoms with Gasteiger partial charge in [0.15, 0.2) is 16.5 Å². The Hall–Kier alpha value is -2.38. The number of likely N-dealkylation sites (N-methyl/N-ethyl adjacent to an activating group) is 1. The van der Waals surface area contributed by atoms with Gasteiger partial charge in [0.1, 0.15) is 12.7 Å². The van der Waals surface area contributed by atoms with E-state index in [-0.39, 0.29) is 11.7 Å². The summed E-state index contributed by atoms with van der Waals surface area (Å²) in [5.41, 5.74) is 2.03. The van der Waals surface area contributed by atoms with E-state index in [0.29, 0.717) is 19.7 Å². The van der Waals surface area contributed by atoms with E-state index in [0.717, 1.165) is 41.4 Å². The molecule has 28 heavy (non-hydrogen) atoms. The van der Waals surface area contributed by atoms with Gasteiger partial charge in [-0.15, -0.1) is 11.3 Å². The summed E-state index contributed by atoms with van der Waals surface area (Å²) in [5.74, 6) is 1.58. The molecule has 3 heterocycles. The van der Waals surface area contributed by atoms with Crippen molar-refractivity contribution in [3.05, 3.63) is 57.0 Å². The molecule has 0 bridgehead atoms. The summed E-state index contributed by atoms with van der Waals surface area (Å²) in [5, 5.41) is 0. The van der Waals surface area contributed by atoms with Gasteiger partial charge in [0.25, 0.3) is 5.56 Å². The maximum atomic E-state index is 12.7. The highest BCUT2D eigenvalue weighted by Gasteiger charge is 2.23. The minimum atomic E-state index is -0.0428. The Bertz CT molecular complexity index is 1070. The van der Waals surface area contributed by atoms with Crippen molar-refractivity contribution >= 4 is 16.3 Å². The second kappa shape index (κ2) is 7.22. The Morgan fingerprint density at radius 3 is 2.96 bits per heavy atom. The van der Waals surface area contributed by atoms with Crippen LogP contribution in [0.1, 0.15) is 29.1 Å². The number of para-hydroxylation sites is 2. The van der Waals surface area contributed by atoms with Crippen LogP contribution in [0.3, 0.4) is 0 Å². The molecule has 0 unspecified atom stereocenters. The zero-order valence-electron chi connectivity index (χ0n) is 15.9. The van der Waals surface area contributed by atoms with Crippen molar-refractivity contribution < 1.29 is 9.47 Å². The molecule has 2 aliphatic rings. The van der Waals surface area contributed by atoms with Crippen LogP contribution >= 0.6 is 11.3 Å². The van der Waals surface area contributed by atoms with Crippen molar-refractivity contribution in [1.29, 1.82) is 0 Å². The topological polar surface area (TPSA) is 56.1 Å². The van der Waals surface area contributed by atoms with Crippen molar-refractivity contribution in [1.82, 2.24) is 14.3 Å². The van der Waals surface area contributed by atoms with Crippen LogP contribution in [-0.2, 0) is 19.4 Å². The summed E-state index contributed by atoms with van der Waals surface area (Å²) >= 11 is 1.67. The molecule has 0 amide bonds. The van der Waals surface area contributed by atoms with E-state index in [2.05, 4.69) is 4.90 Å². The van der Waals surface area contributed by atoms with E-state index in [4.69, 9.17) is 14.5 Å². The molecule has 0 saturated carbocycles. The lowest BCUT2D eigenvalue weighted by Crippen LogP contribution is -2.39. The molecule has 1 aromatic carbocycles. The zero-order chi connectivity index (χ0) is 19.1. The molecule has 1 aliphatic heterocycles. The molecule has 1 atom stereocenters. The minimum absolute atomic E-state index is 0.0407. The van der Waals surface area contributed by atoms with Gasteiger partial charge in [-0.05, 0) is 44.9 Å². The third kappa shape index (κ3) is 3.29. The lowest BCUT2D eigenvalue weighted by Gasteiger charge is -2.29. The molecule has 146 valence electrons. The van der Waals surface area contributed by atoms with Gasteiger partial charge in [0.2, 0.25) is 0 Å². The van der Waals surface area contributed by atoms with Crippen LogP contribution in [0, 0.1) is 0 Å². The summed E-state index contributed by atoms with van der Waals surface area (Å²) in [6, 6.07) is 9.41. The van der Waals surface area contributed by atoms with Crippen LogP contribution in [0.2, 0.25) is 0 Å². The van der Waals surface area contributed by atoms with Crippen LogP contribution in [0.4, 0.5) is 0 Å². The van der Waals surface area contributed by atoms with Crippen molar-refractivity contribution in [2.75, 3.05) is 20.2 Å². The van der Waals surface area contributed by atoms with Gasteiger partial charge < -0.3 is 9.47 Å². The van der Waals surface area contributed by atoms with Crippen LogP contribution in [0.15, 0.2) is 35.1 Å². The highest BCUT2D eigenvalue weighted by Crippen LogP contribution is 2.31. The largest absolute Gasteiger partial charge is 0.486 e. The molecule has 0 radical (unpaired) electrons. The quantitative estimate of drug-likeness (QED) is 0.678. The number of thiazole rings is 1. The Balaban J connectivity index is 1.31. The second-order valence-corrected chi connectivity index (χ2v) is 8.64. The minimum Gasteiger partial charge on any atom is -0.486 e. The smallest absolute Gasteiger partial charge is 0.259 e. The van der Waals surface area contributed by atoms with Gasteiger partial charge in [0, 0.05) is 29.7 Å². The summed E-state index contributed by atoms with van der Waals surface area (Å²) in [6.45, 7) is 1.83. The number of aryl methyl sites for hydroxylation is 2. The predicted octanol–water partition coefficient (Wildman–Crippen LogP) is 2.91. The molecule has 0 fully saturated rings. The van der Waals surface area contributed by atoms with E-state index in [1.807, 2.05) is 35.7 Å². The van der Waals surface area contributed by atoms with Gasteiger partial charge in [-0.3, -0.25) is 14.1 Å². The average molecular weight is 398 g/mol. The highest BCUT2D eigenvalue weighted by molar-refractivity contribution is 7.17. The standard InChI is InChI=1S/C21H23N3O3S/c1-23(12-15-13-26-17-7-3-4-8-18(17)27-15)11-14-10-20(25)24-16-6-2-5-9-19(16)28-21(24)22-14/h3-4,7-8,10,15H,2,5-6,9,11-13H2,1H3/t15-/m1/s1.